The molecule has 0 bridgehead atoms. The van der Waals surface area contributed by atoms with E-state index in [1.54, 1.807) is 0 Å². The van der Waals surface area contributed by atoms with Gasteiger partial charge < -0.3 is 9.32 Å². The Kier molecular flexibility index (Phi) is 7.53. The van der Waals surface area contributed by atoms with Crippen LogP contribution in [-0.2, 0) is 10.8 Å². The topological polar surface area (TPSA) is 16.4 Å². The second-order valence-corrected chi connectivity index (χ2v) is 19.4. The molecule has 0 aliphatic heterocycles. The van der Waals surface area contributed by atoms with Gasteiger partial charge in [-0.25, -0.2) is 0 Å². The van der Waals surface area contributed by atoms with Crippen LogP contribution in [0.25, 0.3) is 88.0 Å². The zero-order valence-electron chi connectivity index (χ0n) is 37.7. The normalized spacial score (nSPS) is 15.7. The van der Waals surface area contributed by atoms with Crippen molar-refractivity contribution >= 4 is 60.5 Å². The fourth-order valence-corrected chi connectivity index (χ4v) is 13.1. The molecule has 0 radical (unpaired) electrons. The van der Waals surface area contributed by atoms with Crippen LogP contribution in [0.3, 0.4) is 0 Å². The molecule has 1 aromatic heterocycles. The van der Waals surface area contributed by atoms with E-state index in [2.05, 4.69) is 243 Å². The number of benzene rings is 11. The molecule has 12 aromatic rings. The van der Waals surface area contributed by atoms with E-state index in [1.807, 2.05) is 0 Å². The largest absolute Gasteiger partial charge is 0.456 e. The first-order valence-corrected chi connectivity index (χ1v) is 23.8. The third-order valence-electron chi connectivity index (χ3n) is 15.9. The number of hydrogen-bond donors (Lipinski definition) is 0. The van der Waals surface area contributed by atoms with Gasteiger partial charge in [-0.05, 0) is 142 Å². The third-order valence-corrected chi connectivity index (χ3v) is 15.9. The molecule has 1 unspecified atom stereocenters. The van der Waals surface area contributed by atoms with Crippen LogP contribution in [0.15, 0.2) is 229 Å². The molecular weight excluding hydrogens is 823 g/mol. The van der Waals surface area contributed by atoms with E-state index < -0.39 is 5.41 Å². The van der Waals surface area contributed by atoms with E-state index in [0.717, 1.165) is 39.0 Å². The van der Waals surface area contributed by atoms with Crippen molar-refractivity contribution in [2.45, 2.75) is 24.7 Å². The van der Waals surface area contributed by atoms with Crippen molar-refractivity contribution < 1.29 is 4.42 Å². The molecule has 3 aliphatic carbocycles. The molecule has 1 heterocycles. The Hall–Kier alpha value is -8.46. The average molecular weight is 866 g/mol. The number of furan rings is 1. The van der Waals surface area contributed by atoms with Gasteiger partial charge in [-0.3, -0.25) is 0 Å². The summed E-state index contributed by atoms with van der Waals surface area (Å²) < 4.78 is 6.62. The summed E-state index contributed by atoms with van der Waals surface area (Å²) in [4.78, 5) is 2.50. The molecule has 0 fully saturated rings. The molecule has 0 N–H and O–H groups in total. The fourth-order valence-electron chi connectivity index (χ4n) is 13.1. The van der Waals surface area contributed by atoms with Gasteiger partial charge in [0.25, 0.3) is 0 Å². The van der Waals surface area contributed by atoms with Gasteiger partial charge in [0.05, 0.1) is 16.5 Å². The quantitative estimate of drug-likeness (QED) is 0.165. The Morgan fingerprint density at radius 1 is 0.338 bits per heavy atom. The number of fused-ring (bicyclic) bond motifs is 23. The lowest BCUT2D eigenvalue weighted by Gasteiger charge is -2.37. The maximum atomic E-state index is 6.62. The minimum Gasteiger partial charge on any atom is -0.456 e. The maximum absolute atomic E-state index is 6.62. The number of hydrogen-bond acceptors (Lipinski definition) is 2. The van der Waals surface area contributed by atoms with E-state index in [9.17, 15) is 0 Å². The zero-order chi connectivity index (χ0) is 44.9. The monoisotopic (exact) mass is 865 g/mol. The summed E-state index contributed by atoms with van der Waals surface area (Å²) in [7, 11) is 0. The summed E-state index contributed by atoms with van der Waals surface area (Å²) in [5, 5.41) is 7.34. The van der Waals surface area contributed by atoms with Crippen LogP contribution < -0.4 is 4.90 Å². The van der Waals surface area contributed by atoms with Crippen LogP contribution in [-0.4, -0.2) is 0 Å². The summed E-state index contributed by atoms with van der Waals surface area (Å²) in [5.41, 5.74) is 22.3. The van der Waals surface area contributed by atoms with Crippen LogP contribution in [0, 0.1) is 0 Å². The molecule has 15 rings (SSSR count). The Morgan fingerprint density at radius 2 is 0.838 bits per heavy atom. The van der Waals surface area contributed by atoms with Crippen molar-refractivity contribution in [2.24, 2.45) is 0 Å². The lowest BCUT2D eigenvalue weighted by Crippen LogP contribution is -2.29. The van der Waals surface area contributed by atoms with Crippen LogP contribution in [0.1, 0.15) is 47.2 Å². The van der Waals surface area contributed by atoms with Gasteiger partial charge in [0, 0.05) is 22.2 Å². The van der Waals surface area contributed by atoms with Gasteiger partial charge in [0.2, 0.25) is 0 Å². The van der Waals surface area contributed by atoms with Crippen molar-refractivity contribution in [1.82, 2.24) is 0 Å². The van der Waals surface area contributed by atoms with Crippen molar-refractivity contribution in [3.05, 3.63) is 258 Å². The predicted octanol–water partition coefficient (Wildman–Crippen LogP) is 17.7. The van der Waals surface area contributed by atoms with E-state index in [-0.39, 0.29) is 5.41 Å². The van der Waals surface area contributed by atoms with E-state index in [1.165, 1.54) is 99.4 Å². The molecule has 1 atom stereocenters. The first-order chi connectivity index (χ1) is 33.5. The summed E-state index contributed by atoms with van der Waals surface area (Å²) >= 11 is 0. The first-order valence-electron chi connectivity index (χ1n) is 23.8. The van der Waals surface area contributed by atoms with Gasteiger partial charge in [-0.1, -0.05) is 196 Å². The van der Waals surface area contributed by atoms with Crippen molar-refractivity contribution in [2.75, 3.05) is 4.90 Å². The number of anilines is 3. The highest BCUT2D eigenvalue weighted by Crippen LogP contribution is 2.65. The highest BCUT2D eigenvalue weighted by Gasteiger charge is 2.51. The molecule has 0 saturated heterocycles. The molecule has 2 heteroatoms. The summed E-state index contributed by atoms with van der Waals surface area (Å²) in [6, 6.07) is 84.1. The van der Waals surface area contributed by atoms with Crippen LogP contribution in [0.5, 0.6) is 0 Å². The lowest BCUT2D eigenvalue weighted by molar-refractivity contribution is 0.660. The van der Waals surface area contributed by atoms with Crippen LogP contribution in [0.4, 0.5) is 17.1 Å². The second kappa shape index (κ2) is 13.6. The molecule has 68 heavy (non-hydrogen) atoms. The Morgan fingerprint density at radius 3 is 1.60 bits per heavy atom. The minimum absolute atomic E-state index is 0.178. The molecule has 11 aromatic carbocycles. The van der Waals surface area contributed by atoms with Crippen LogP contribution >= 0.6 is 0 Å². The van der Waals surface area contributed by atoms with E-state index in [0.29, 0.717) is 0 Å². The van der Waals surface area contributed by atoms with Crippen molar-refractivity contribution in [3.63, 3.8) is 0 Å². The van der Waals surface area contributed by atoms with E-state index >= 15 is 0 Å². The highest BCUT2D eigenvalue weighted by molar-refractivity contribution is 6.20. The standard InChI is InChI=1S/C66H43NO/c1-65(2)54-28-13-9-23-47(54)48-36-34-41(39-58(48)65)67(59-31-17-33-61-63(59)52-27-12-16-32-60(52)68-61)40-35-37-57-53(38-40)45-21-4-3-18-42(45)46-22-10-14-29-55(46)66(57)56-30-15-11-26-51(56)62-49-24-7-5-19-43(49)44-20-6-8-25-50(44)64(62)66/h3-39H,1-2H3. The van der Waals surface area contributed by atoms with Gasteiger partial charge >= 0.3 is 0 Å². The maximum Gasteiger partial charge on any atom is 0.137 e. The molecular formula is C66H43NO. The molecule has 2 nitrogen and oxygen atoms in total. The van der Waals surface area contributed by atoms with Gasteiger partial charge in [-0.15, -0.1) is 0 Å². The van der Waals surface area contributed by atoms with Gasteiger partial charge in [0.1, 0.15) is 11.2 Å². The predicted molar refractivity (Wildman–Crippen MR) is 283 cm³/mol. The third kappa shape index (κ3) is 4.76. The molecule has 3 aliphatic rings. The fraction of sp³-hybridized carbons (Fsp3) is 0.0606. The number of para-hydroxylation sites is 1. The SMILES string of the molecule is CC1(C)c2ccccc2-c2ccc(N(c3ccc4c(c3)-c3ccccc3-c3ccccc3C43c4ccccc4-c4c3c3ccccc3c3ccccc43)c3cccc4oc5ccccc5c34)cc21. The highest BCUT2D eigenvalue weighted by atomic mass is 16.3. The van der Waals surface area contributed by atoms with Crippen molar-refractivity contribution in [1.29, 1.82) is 0 Å². The Labute approximate surface area is 395 Å². The molecule has 1 spiro atoms. The van der Waals surface area contributed by atoms with E-state index in [4.69, 9.17) is 4.42 Å². The average Bonchev–Trinajstić information content (AvgIpc) is 3.98. The second-order valence-electron chi connectivity index (χ2n) is 19.4. The van der Waals surface area contributed by atoms with Gasteiger partial charge in [0.15, 0.2) is 0 Å². The molecule has 0 amide bonds. The molecule has 0 saturated carbocycles. The summed E-state index contributed by atoms with van der Waals surface area (Å²) in [6.07, 6.45) is 0. The number of rotatable bonds is 3. The molecule has 318 valence electrons. The van der Waals surface area contributed by atoms with Crippen LogP contribution in [0.2, 0.25) is 0 Å². The zero-order valence-corrected chi connectivity index (χ0v) is 37.7. The van der Waals surface area contributed by atoms with Gasteiger partial charge in [-0.2, -0.15) is 0 Å². The number of nitrogens with zero attached hydrogens (tertiary/aromatic N) is 1. The summed E-state index contributed by atoms with van der Waals surface area (Å²) in [6.45, 7) is 4.74. The summed E-state index contributed by atoms with van der Waals surface area (Å²) in [5.74, 6) is 0. The van der Waals surface area contributed by atoms with Crippen molar-refractivity contribution in [3.8, 4) is 44.5 Å². The minimum atomic E-state index is -0.659. The Bertz CT molecular complexity index is 4150. The first kappa shape index (κ1) is 37.7. The lowest BCUT2D eigenvalue weighted by atomic mass is 9.64. The Balaban J connectivity index is 1.08. The smallest absolute Gasteiger partial charge is 0.137 e.